The zero-order valence-electron chi connectivity index (χ0n) is 16.6. The van der Waals surface area contributed by atoms with Gasteiger partial charge in [-0.15, -0.1) is 11.3 Å². The van der Waals surface area contributed by atoms with Crippen molar-refractivity contribution in [2.45, 2.75) is 71.6 Å². The number of amides is 1. The molecule has 1 aromatic heterocycles. The zero-order valence-corrected chi connectivity index (χ0v) is 17.4. The van der Waals surface area contributed by atoms with Crippen LogP contribution in [0.2, 0.25) is 0 Å². The molecule has 1 amide bonds. The largest absolute Gasteiger partial charge is 0.473 e. The maximum Gasteiger partial charge on any atom is 0.410 e. The third-order valence-corrected chi connectivity index (χ3v) is 5.63. The maximum atomic E-state index is 12.5. The number of ether oxygens (including phenoxy) is 3. The minimum absolute atomic E-state index is 0.0733. The second-order valence-electron chi connectivity index (χ2n) is 8.19. The van der Waals surface area contributed by atoms with Crippen molar-refractivity contribution >= 4 is 23.4 Å². The number of esters is 1. The number of fused-ring (bicyclic) bond motifs is 2. The summed E-state index contributed by atoms with van der Waals surface area (Å²) in [4.78, 5) is 31.2. The van der Waals surface area contributed by atoms with E-state index in [4.69, 9.17) is 14.2 Å². The van der Waals surface area contributed by atoms with Crippen LogP contribution in [0.4, 0.5) is 4.79 Å². The Kier molecular flexibility index (Phi) is 5.65. The molecule has 1 saturated carbocycles. The summed E-state index contributed by atoms with van der Waals surface area (Å²) in [7, 11) is 0. The Hall–Kier alpha value is -1.83. The van der Waals surface area contributed by atoms with Gasteiger partial charge in [0.1, 0.15) is 11.7 Å². The van der Waals surface area contributed by atoms with Gasteiger partial charge in [0, 0.05) is 19.0 Å². The first-order valence-corrected chi connectivity index (χ1v) is 10.3. The summed E-state index contributed by atoms with van der Waals surface area (Å²) in [6.45, 7) is 10.3. The predicted molar refractivity (Wildman–Crippen MR) is 101 cm³/mol. The van der Waals surface area contributed by atoms with E-state index in [-0.39, 0.29) is 18.2 Å². The van der Waals surface area contributed by atoms with E-state index >= 15 is 0 Å². The molecule has 2 aliphatic rings. The predicted octanol–water partition coefficient (Wildman–Crippen LogP) is 3.80. The highest BCUT2D eigenvalue weighted by Gasteiger charge is 2.44. The third kappa shape index (κ3) is 4.72. The zero-order chi connectivity index (χ0) is 19.8. The maximum absolute atomic E-state index is 12.5. The molecule has 1 aliphatic heterocycles. The standard InChI is InChI=1S/C19H28N2O5S/c1-6-24-17(22)15-16(20-11(2)27-15)25-14-8-12-7-13(9-14)21(10-12)18(23)26-19(3,4)5/h12-14H,6-10H2,1-5H3. The van der Waals surface area contributed by atoms with Crippen molar-refractivity contribution in [1.82, 2.24) is 9.88 Å². The number of nitrogens with zero attached hydrogens (tertiary/aromatic N) is 2. The highest BCUT2D eigenvalue weighted by molar-refractivity contribution is 7.13. The van der Waals surface area contributed by atoms with Crippen molar-refractivity contribution in [3.05, 3.63) is 9.88 Å². The normalized spacial score (nSPS) is 24.6. The molecule has 8 heteroatoms. The lowest BCUT2D eigenvalue weighted by Crippen LogP contribution is -2.41. The van der Waals surface area contributed by atoms with E-state index in [1.807, 2.05) is 32.6 Å². The Balaban J connectivity index is 1.67. The van der Waals surface area contributed by atoms with E-state index in [9.17, 15) is 9.59 Å². The molecule has 1 saturated heterocycles. The second-order valence-corrected chi connectivity index (χ2v) is 9.39. The lowest BCUT2D eigenvalue weighted by Gasteiger charge is -2.30. The molecule has 2 bridgehead atoms. The topological polar surface area (TPSA) is 78.0 Å². The molecule has 27 heavy (non-hydrogen) atoms. The molecular weight excluding hydrogens is 368 g/mol. The summed E-state index contributed by atoms with van der Waals surface area (Å²) in [6, 6.07) is 0.106. The van der Waals surface area contributed by atoms with E-state index in [0.29, 0.717) is 36.2 Å². The third-order valence-electron chi connectivity index (χ3n) is 4.70. The first-order chi connectivity index (χ1) is 12.7. The van der Waals surface area contributed by atoms with Gasteiger partial charge in [-0.2, -0.15) is 0 Å². The highest BCUT2D eigenvalue weighted by Crippen LogP contribution is 2.39. The fraction of sp³-hybridized carbons (Fsp3) is 0.737. The molecule has 150 valence electrons. The van der Waals surface area contributed by atoms with E-state index in [1.54, 1.807) is 6.92 Å². The van der Waals surface area contributed by atoms with Crippen molar-refractivity contribution in [2.24, 2.45) is 5.92 Å². The van der Waals surface area contributed by atoms with E-state index in [2.05, 4.69) is 4.98 Å². The average molecular weight is 397 g/mol. The summed E-state index contributed by atoms with van der Waals surface area (Å²) in [6.07, 6.45) is 2.20. The van der Waals surface area contributed by atoms with Crippen molar-refractivity contribution in [2.75, 3.05) is 13.2 Å². The van der Waals surface area contributed by atoms with Crippen LogP contribution in [0.5, 0.6) is 5.88 Å². The summed E-state index contributed by atoms with van der Waals surface area (Å²) in [5.41, 5.74) is -0.504. The first kappa shape index (κ1) is 19.9. The van der Waals surface area contributed by atoms with Gasteiger partial charge in [-0.05, 0) is 53.4 Å². The van der Waals surface area contributed by atoms with Gasteiger partial charge in [0.05, 0.1) is 11.6 Å². The molecule has 0 spiro atoms. The average Bonchev–Trinajstić information content (AvgIpc) is 3.05. The minimum Gasteiger partial charge on any atom is -0.473 e. The number of aryl methyl sites for hydroxylation is 1. The summed E-state index contributed by atoms with van der Waals surface area (Å²) >= 11 is 1.28. The molecule has 1 aliphatic carbocycles. The quantitative estimate of drug-likeness (QED) is 0.721. The van der Waals surface area contributed by atoms with Crippen LogP contribution in [0.1, 0.15) is 61.6 Å². The number of aromatic nitrogens is 1. The van der Waals surface area contributed by atoms with Crippen molar-refractivity contribution in [3.8, 4) is 5.88 Å². The number of carbonyl (C=O) groups excluding carboxylic acids is 2. The smallest absolute Gasteiger partial charge is 0.410 e. The Morgan fingerprint density at radius 3 is 2.67 bits per heavy atom. The molecule has 1 aromatic rings. The van der Waals surface area contributed by atoms with Crippen molar-refractivity contribution in [3.63, 3.8) is 0 Å². The van der Waals surface area contributed by atoms with E-state index < -0.39 is 11.6 Å². The summed E-state index contributed by atoms with van der Waals surface area (Å²) in [5, 5.41) is 0.766. The van der Waals surface area contributed by atoms with Crippen LogP contribution in [0.15, 0.2) is 0 Å². The molecule has 7 nitrogen and oxygen atoms in total. The molecule has 3 rings (SSSR count). The number of carbonyl (C=O) groups is 2. The molecule has 2 fully saturated rings. The van der Waals surface area contributed by atoms with Gasteiger partial charge in [0.15, 0.2) is 4.88 Å². The fourth-order valence-electron chi connectivity index (χ4n) is 3.79. The monoisotopic (exact) mass is 396 g/mol. The Bertz CT molecular complexity index is 711. The summed E-state index contributed by atoms with van der Waals surface area (Å²) in [5.74, 6) is 0.338. The van der Waals surface area contributed by atoms with Gasteiger partial charge >= 0.3 is 12.1 Å². The van der Waals surface area contributed by atoms with Crippen LogP contribution in [0.25, 0.3) is 0 Å². The van der Waals surface area contributed by atoms with Gasteiger partial charge in [0.25, 0.3) is 0 Å². The number of hydrogen-bond donors (Lipinski definition) is 0. The molecule has 3 atom stereocenters. The lowest BCUT2D eigenvalue weighted by atomic mass is 9.88. The Morgan fingerprint density at radius 2 is 2.00 bits per heavy atom. The number of likely N-dealkylation sites (tertiary alicyclic amines) is 1. The van der Waals surface area contributed by atoms with Crippen LogP contribution < -0.4 is 4.74 Å². The molecule has 0 N–H and O–H groups in total. The number of thiazole rings is 1. The second kappa shape index (κ2) is 7.66. The first-order valence-electron chi connectivity index (χ1n) is 9.47. The van der Waals surface area contributed by atoms with Crippen LogP contribution >= 0.6 is 11.3 Å². The SMILES string of the molecule is CCOC(=O)c1sc(C)nc1OC1CC2CC(C1)N(C(=O)OC(C)(C)C)C2. The van der Waals surface area contributed by atoms with Gasteiger partial charge in [-0.3, -0.25) is 0 Å². The van der Waals surface area contributed by atoms with Crippen LogP contribution in [0.3, 0.4) is 0 Å². The molecule has 0 aromatic carbocycles. The van der Waals surface area contributed by atoms with Crippen molar-refractivity contribution in [1.29, 1.82) is 0 Å². The van der Waals surface area contributed by atoms with Crippen LogP contribution in [-0.4, -0.2) is 52.8 Å². The van der Waals surface area contributed by atoms with Gasteiger partial charge in [0.2, 0.25) is 5.88 Å². The lowest BCUT2D eigenvalue weighted by molar-refractivity contribution is 0.0200. The van der Waals surface area contributed by atoms with E-state index in [1.165, 1.54) is 11.3 Å². The van der Waals surface area contributed by atoms with Crippen LogP contribution in [-0.2, 0) is 9.47 Å². The van der Waals surface area contributed by atoms with Crippen molar-refractivity contribution < 1.29 is 23.8 Å². The van der Waals surface area contributed by atoms with E-state index in [0.717, 1.165) is 17.8 Å². The van der Waals surface area contributed by atoms with Gasteiger partial charge < -0.3 is 19.1 Å². The fourth-order valence-corrected chi connectivity index (χ4v) is 4.54. The van der Waals surface area contributed by atoms with Gasteiger partial charge in [-0.1, -0.05) is 0 Å². The van der Waals surface area contributed by atoms with Crippen LogP contribution in [0, 0.1) is 12.8 Å². The Labute approximate surface area is 164 Å². The molecule has 0 radical (unpaired) electrons. The number of hydrogen-bond acceptors (Lipinski definition) is 7. The molecule has 3 unspecified atom stereocenters. The Morgan fingerprint density at radius 1 is 1.26 bits per heavy atom. The molecule has 2 heterocycles. The molecular formula is C19H28N2O5S. The minimum atomic E-state index is -0.504. The van der Waals surface area contributed by atoms with Gasteiger partial charge in [-0.25, -0.2) is 14.6 Å². The highest BCUT2D eigenvalue weighted by atomic mass is 32.1. The summed E-state index contributed by atoms with van der Waals surface area (Å²) < 4.78 is 16.7. The number of rotatable bonds is 4.